The van der Waals surface area contributed by atoms with Crippen molar-refractivity contribution in [2.75, 3.05) is 7.11 Å². The number of hydrogen-bond acceptors (Lipinski definition) is 8. The molecule has 2 aromatic heterocycles. The Kier molecular flexibility index (Phi) is 6.00. The van der Waals surface area contributed by atoms with Crippen molar-refractivity contribution < 1.29 is 19.2 Å². The van der Waals surface area contributed by atoms with Crippen molar-refractivity contribution in [2.24, 2.45) is 5.73 Å². The summed E-state index contributed by atoms with van der Waals surface area (Å²) >= 11 is 0. The third-order valence-corrected chi connectivity index (χ3v) is 7.14. The minimum absolute atomic E-state index is 0.0719. The first kappa shape index (κ1) is 25.4. The highest BCUT2D eigenvalue weighted by Gasteiger charge is 2.38. The average molecular weight is 547 g/mol. The van der Waals surface area contributed by atoms with E-state index in [2.05, 4.69) is 16.2 Å². The van der Waals surface area contributed by atoms with Crippen LogP contribution in [0.1, 0.15) is 33.2 Å². The van der Waals surface area contributed by atoms with E-state index in [-0.39, 0.29) is 28.7 Å². The van der Waals surface area contributed by atoms with Crippen LogP contribution in [0.15, 0.2) is 84.3 Å². The summed E-state index contributed by atoms with van der Waals surface area (Å²) in [7, 11) is 1.58. The van der Waals surface area contributed by atoms with E-state index in [4.69, 9.17) is 15.2 Å². The first-order valence-corrected chi connectivity index (χ1v) is 12.5. The van der Waals surface area contributed by atoms with Gasteiger partial charge in [0.1, 0.15) is 23.1 Å². The smallest absolute Gasteiger partial charge is 0.298 e. The molecular formula is C30H22N6O5. The molecule has 41 heavy (non-hydrogen) atoms. The summed E-state index contributed by atoms with van der Waals surface area (Å²) in [6, 6.07) is 22.9. The number of aryl methyl sites for hydroxylation is 1. The lowest BCUT2D eigenvalue weighted by molar-refractivity contribution is -0.384. The normalized spacial score (nSPS) is 14.3. The summed E-state index contributed by atoms with van der Waals surface area (Å²) in [5.41, 5.74) is 10.2. The predicted octanol–water partition coefficient (Wildman–Crippen LogP) is 5.16. The molecular weight excluding hydrogens is 524 g/mol. The van der Waals surface area contributed by atoms with Crippen LogP contribution >= 0.6 is 0 Å². The van der Waals surface area contributed by atoms with Gasteiger partial charge in [-0.3, -0.25) is 14.9 Å². The molecule has 0 spiro atoms. The molecule has 1 unspecified atom stereocenters. The van der Waals surface area contributed by atoms with Gasteiger partial charge in [-0.25, -0.2) is 0 Å². The number of non-ortho nitro benzene ring substituents is 1. The van der Waals surface area contributed by atoms with Crippen LogP contribution in [0.25, 0.3) is 22.0 Å². The third-order valence-electron chi connectivity index (χ3n) is 7.14. The number of rotatable bonds is 5. The van der Waals surface area contributed by atoms with Gasteiger partial charge in [-0.1, -0.05) is 42.5 Å². The number of carbonyl (C=O) groups is 1. The largest absolute Gasteiger partial charge is 0.497 e. The molecule has 1 atom stereocenters. The zero-order valence-electron chi connectivity index (χ0n) is 21.9. The molecule has 0 saturated heterocycles. The van der Waals surface area contributed by atoms with Crippen LogP contribution in [0, 0.1) is 28.4 Å². The SMILES string of the molecule is COc1ccc2[nH]c(C(=O)n3nc(C)c4c3OC(N)=C(C#N)C4c3ccc([N+](=O)[O-])cc3)c(-c3ccccc3)c2c1. The fourth-order valence-corrected chi connectivity index (χ4v) is 5.24. The van der Waals surface area contributed by atoms with E-state index in [1.54, 1.807) is 32.2 Å². The highest BCUT2D eigenvalue weighted by Crippen LogP contribution is 2.45. The van der Waals surface area contributed by atoms with Crippen molar-refractivity contribution in [3.05, 3.63) is 117 Å². The number of nitrogens with one attached hydrogen (secondary N) is 1. The van der Waals surface area contributed by atoms with E-state index < -0.39 is 16.7 Å². The molecule has 3 heterocycles. The van der Waals surface area contributed by atoms with Crippen molar-refractivity contribution in [3.63, 3.8) is 0 Å². The molecule has 11 heteroatoms. The standard InChI is InChI=1S/C30H22N6O5/c1-16-24-25(18-8-10-19(11-9-18)36(38)39)22(15-31)28(32)41-30(24)35(34-16)29(37)27-26(17-6-4-3-5-7-17)21-14-20(40-2)12-13-23(21)33-27/h3-14,25,33H,32H2,1-2H3. The molecule has 5 aromatic rings. The number of nitrogens with two attached hydrogens (primary N) is 1. The molecule has 3 aromatic carbocycles. The van der Waals surface area contributed by atoms with Gasteiger partial charge in [0.15, 0.2) is 0 Å². The third kappa shape index (κ3) is 4.06. The van der Waals surface area contributed by atoms with Crippen molar-refractivity contribution in [2.45, 2.75) is 12.8 Å². The maximum absolute atomic E-state index is 14.2. The van der Waals surface area contributed by atoms with Crippen LogP contribution in [0.2, 0.25) is 0 Å². The van der Waals surface area contributed by atoms with E-state index >= 15 is 0 Å². The van der Waals surface area contributed by atoms with Gasteiger partial charge in [0.05, 0.1) is 29.2 Å². The number of carbonyl (C=O) groups excluding carboxylic acids is 1. The fourth-order valence-electron chi connectivity index (χ4n) is 5.24. The minimum Gasteiger partial charge on any atom is -0.497 e. The number of aromatic amines is 1. The summed E-state index contributed by atoms with van der Waals surface area (Å²) in [4.78, 5) is 28.2. The Morgan fingerprint density at radius 2 is 1.90 bits per heavy atom. The highest BCUT2D eigenvalue weighted by atomic mass is 16.6. The van der Waals surface area contributed by atoms with Crippen LogP contribution in [0.5, 0.6) is 11.6 Å². The monoisotopic (exact) mass is 546 g/mol. The van der Waals surface area contributed by atoms with E-state index in [0.29, 0.717) is 28.1 Å². The van der Waals surface area contributed by atoms with E-state index in [9.17, 15) is 20.2 Å². The second-order valence-corrected chi connectivity index (χ2v) is 9.45. The molecule has 0 radical (unpaired) electrons. The molecule has 1 aliphatic rings. The number of fused-ring (bicyclic) bond motifs is 2. The first-order chi connectivity index (χ1) is 19.8. The lowest BCUT2D eigenvalue weighted by atomic mass is 9.84. The Bertz CT molecular complexity index is 1930. The molecule has 3 N–H and O–H groups in total. The van der Waals surface area contributed by atoms with Gasteiger partial charge in [0, 0.05) is 28.6 Å². The molecule has 6 rings (SSSR count). The Labute approximate surface area is 233 Å². The number of allylic oxidation sites excluding steroid dienone is 1. The number of ether oxygens (including phenoxy) is 2. The van der Waals surface area contributed by atoms with Crippen LogP contribution in [0.4, 0.5) is 5.69 Å². The predicted molar refractivity (Wildman–Crippen MR) is 149 cm³/mol. The van der Waals surface area contributed by atoms with E-state index in [1.807, 2.05) is 42.5 Å². The van der Waals surface area contributed by atoms with E-state index in [0.717, 1.165) is 21.1 Å². The number of nitro groups is 1. The molecule has 0 bridgehead atoms. The average Bonchev–Trinajstić information content (AvgIpc) is 3.53. The van der Waals surface area contributed by atoms with Gasteiger partial charge in [-0.15, -0.1) is 0 Å². The molecule has 0 amide bonds. The lowest BCUT2D eigenvalue weighted by Crippen LogP contribution is -2.24. The quantitative estimate of drug-likeness (QED) is 0.225. The number of H-pyrrole nitrogens is 1. The van der Waals surface area contributed by atoms with E-state index in [1.165, 1.54) is 12.1 Å². The van der Waals surface area contributed by atoms with Gasteiger partial charge >= 0.3 is 0 Å². The first-order valence-electron chi connectivity index (χ1n) is 12.5. The second-order valence-electron chi connectivity index (χ2n) is 9.45. The van der Waals surface area contributed by atoms with Crippen molar-refractivity contribution in [3.8, 4) is 28.8 Å². The number of methoxy groups -OCH3 is 1. The van der Waals surface area contributed by atoms with Crippen molar-refractivity contribution in [1.29, 1.82) is 5.26 Å². The van der Waals surface area contributed by atoms with Crippen LogP contribution in [-0.2, 0) is 0 Å². The fraction of sp³-hybridized carbons (Fsp3) is 0.100. The molecule has 202 valence electrons. The molecule has 0 saturated carbocycles. The van der Waals surface area contributed by atoms with Gasteiger partial charge in [0.25, 0.3) is 11.6 Å². The van der Waals surface area contributed by atoms with Crippen LogP contribution < -0.4 is 15.2 Å². The Hall–Kier alpha value is -5.89. The van der Waals surface area contributed by atoms with Gasteiger partial charge in [-0.05, 0) is 36.2 Å². The maximum atomic E-state index is 14.2. The van der Waals surface area contributed by atoms with Gasteiger partial charge in [-0.2, -0.15) is 15.0 Å². The van der Waals surface area contributed by atoms with Gasteiger partial charge < -0.3 is 20.2 Å². The summed E-state index contributed by atoms with van der Waals surface area (Å²) in [5, 5.41) is 26.5. The summed E-state index contributed by atoms with van der Waals surface area (Å²) < 4.78 is 12.4. The van der Waals surface area contributed by atoms with Crippen LogP contribution in [0.3, 0.4) is 0 Å². The zero-order valence-corrected chi connectivity index (χ0v) is 21.9. The Morgan fingerprint density at radius 1 is 1.17 bits per heavy atom. The zero-order chi connectivity index (χ0) is 28.8. The Balaban J connectivity index is 1.54. The minimum atomic E-state index is -0.744. The number of nitrogens with zero attached hydrogens (tertiary/aromatic N) is 4. The van der Waals surface area contributed by atoms with Crippen molar-refractivity contribution in [1.82, 2.24) is 14.8 Å². The molecule has 0 aliphatic carbocycles. The topological polar surface area (TPSA) is 162 Å². The number of nitro benzene ring substituents is 1. The summed E-state index contributed by atoms with van der Waals surface area (Å²) in [5.74, 6) is -0.716. The van der Waals surface area contributed by atoms with Gasteiger partial charge in [0.2, 0.25) is 11.8 Å². The van der Waals surface area contributed by atoms with Crippen LogP contribution in [-0.4, -0.2) is 32.7 Å². The molecule has 0 fully saturated rings. The number of benzene rings is 3. The molecule has 11 nitrogen and oxygen atoms in total. The number of aromatic nitrogens is 3. The number of hydrogen-bond donors (Lipinski definition) is 2. The Morgan fingerprint density at radius 3 is 2.56 bits per heavy atom. The number of nitriles is 1. The molecule has 1 aliphatic heterocycles. The lowest BCUT2D eigenvalue weighted by Gasteiger charge is -2.24. The van der Waals surface area contributed by atoms with Crippen molar-refractivity contribution >= 4 is 22.5 Å². The maximum Gasteiger partial charge on any atom is 0.298 e. The summed E-state index contributed by atoms with van der Waals surface area (Å²) in [6.07, 6.45) is 0. The highest BCUT2D eigenvalue weighted by molar-refractivity contribution is 6.10. The second kappa shape index (κ2) is 9.69. The summed E-state index contributed by atoms with van der Waals surface area (Å²) in [6.45, 7) is 1.70.